The SMILES string of the molecule is O=Cc1cc(OCc2sccc2Br)ccc1Br. The zero-order valence-electron chi connectivity index (χ0n) is 8.65. The fraction of sp³-hybridized carbons (Fsp3) is 0.0833. The minimum absolute atomic E-state index is 0.498. The standard InChI is InChI=1S/C12H8Br2O2S/c13-10-2-1-9(5-8(10)6-15)16-7-12-11(14)3-4-17-12/h1-6H,7H2. The van der Waals surface area contributed by atoms with Crippen LogP contribution in [0, 0.1) is 0 Å². The van der Waals surface area contributed by atoms with Crippen molar-refractivity contribution in [2.75, 3.05) is 0 Å². The summed E-state index contributed by atoms with van der Waals surface area (Å²) < 4.78 is 7.46. The van der Waals surface area contributed by atoms with Crippen molar-refractivity contribution in [3.63, 3.8) is 0 Å². The predicted octanol–water partition coefficient (Wildman–Crippen LogP) is 4.66. The zero-order valence-corrected chi connectivity index (χ0v) is 12.6. The molecule has 17 heavy (non-hydrogen) atoms. The Kier molecular flexibility index (Phi) is 4.36. The number of hydrogen-bond acceptors (Lipinski definition) is 3. The number of halogens is 2. The average Bonchev–Trinajstić information content (AvgIpc) is 2.74. The number of benzene rings is 1. The number of ether oxygens (including phenoxy) is 1. The Hall–Kier alpha value is -0.650. The van der Waals surface area contributed by atoms with Crippen molar-refractivity contribution in [3.8, 4) is 5.75 Å². The van der Waals surface area contributed by atoms with Crippen LogP contribution in [0.15, 0.2) is 38.6 Å². The first-order chi connectivity index (χ1) is 8.20. The van der Waals surface area contributed by atoms with E-state index in [1.54, 1.807) is 17.4 Å². The molecule has 1 heterocycles. The van der Waals surface area contributed by atoms with Gasteiger partial charge in [-0.1, -0.05) is 15.9 Å². The lowest BCUT2D eigenvalue weighted by Crippen LogP contribution is -1.94. The van der Waals surface area contributed by atoms with E-state index >= 15 is 0 Å². The van der Waals surface area contributed by atoms with Gasteiger partial charge < -0.3 is 4.74 Å². The third-order valence-corrected chi connectivity index (χ3v) is 4.78. The topological polar surface area (TPSA) is 26.3 Å². The van der Waals surface area contributed by atoms with E-state index in [2.05, 4.69) is 31.9 Å². The molecule has 2 rings (SSSR count). The quantitative estimate of drug-likeness (QED) is 0.726. The lowest BCUT2D eigenvalue weighted by atomic mass is 10.2. The first-order valence-electron chi connectivity index (χ1n) is 4.80. The number of thiophene rings is 1. The van der Waals surface area contributed by atoms with Crippen LogP contribution in [-0.2, 0) is 6.61 Å². The molecule has 0 fully saturated rings. The highest BCUT2D eigenvalue weighted by molar-refractivity contribution is 9.10. The molecule has 0 bridgehead atoms. The van der Waals surface area contributed by atoms with Crippen LogP contribution in [0.3, 0.4) is 0 Å². The second kappa shape index (κ2) is 5.80. The van der Waals surface area contributed by atoms with E-state index in [4.69, 9.17) is 4.74 Å². The molecule has 1 aromatic carbocycles. The van der Waals surface area contributed by atoms with Gasteiger partial charge in [0.1, 0.15) is 12.4 Å². The number of carbonyl (C=O) groups excluding carboxylic acids is 1. The Morgan fingerprint density at radius 3 is 2.71 bits per heavy atom. The van der Waals surface area contributed by atoms with Crippen LogP contribution in [0.25, 0.3) is 0 Å². The summed E-state index contributed by atoms with van der Waals surface area (Å²) >= 11 is 8.38. The van der Waals surface area contributed by atoms with Gasteiger partial charge in [-0.05, 0) is 45.6 Å². The smallest absolute Gasteiger partial charge is 0.151 e. The highest BCUT2D eigenvalue weighted by Crippen LogP contribution is 2.26. The third-order valence-electron chi connectivity index (χ3n) is 2.16. The van der Waals surface area contributed by atoms with Crippen molar-refractivity contribution in [2.45, 2.75) is 6.61 Å². The van der Waals surface area contributed by atoms with Crippen molar-refractivity contribution in [2.24, 2.45) is 0 Å². The van der Waals surface area contributed by atoms with Crippen molar-refractivity contribution in [3.05, 3.63) is 49.0 Å². The van der Waals surface area contributed by atoms with Gasteiger partial charge in [-0.15, -0.1) is 11.3 Å². The van der Waals surface area contributed by atoms with Crippen molar-refractivity contribution >= 4 is 49.5 Å². The Balaban J connectivity index is 2.09. The van der Waals surface area contributed by atoms with Gasteiger partial charge in [-0.25, -0.2) is 0 Å². The van der Waals surface area contributed by atoms with Crippen molar-refractivity contribution < 1.29 is 9.53 Å². The number of rotatable bonds is 4. The summed E-state index contributed by atoms with van der Waals surface area (Å²) in [5.74, 6) is 0.690. The molecule has 0 spiro atoms. The maximum Gasteiger partial charge on any atom is 0.151 e. The average molecular weight is 376 g/mol. The fourth-order valence-corrected chi connectivity index (χ4v) is 3.00. The molecule has 0 unspecified atom stereocenters. The Morgan fingerprint density at radius 1 is 1.24 bits per heavy atom. The maximum atomic E-state index is 10.8. The Morgan fingerprint density at radius 2 is 2.06 bits per heavy atom. The Bertz CT molecular complexity index is 537. The maximum absolute atomic E-state index is 10.8. The number of hydrogen-bond donors (Lipinski definition) is 0. The largest absolute Gasteiger partial charge is 0.488 e. The summed E-state index contributed by atoms with van der Waals surface area (Å²) in [5, 5.41) is 2.00. The third kappa shape index (κ3) is 3.18. The summed E-state index contributed by atoms with van der Waals surface area (Å²) in [6.07, 6.45) is 0.804. The molecule has 0 saturated carbocycles. The fourth-order valence-electron chi connectivity index (χ4n) is 1.28. The lowest BCUT2D eigenvalue weighted by molar-refractivity contribution is 0.112. The van der Waals surface area contributed by atoms with E-state index in [-0.39, 0.29) is 0 Å². The van der Waals surface area contributed by atoms with E-state index in [9.17, 15) is 4.79 Å². The summed E-state index contributed by atoms with van der Waals surface area (Å²) in [4.78, 5) is 11.9. The van der Waals surface area contributed by atoms with Gasteiger partial charge in [0.05, 0.1) is 4.88 Å². The number of aldehydes is 1. The van der Waals surface area contributed by atoms with Crippen LogP contribution in [0.2, 0.25) is 0 Å². The molecule has 0 aliphatic carbocycles. The predicted molar refractivity (Wildman–Crippen MR) is 75.9 cm³/mol. The Labute approximate surface area is 120 Å². The zero-order chi connectivity index (χ0) is 12.3. The van der Waals surface area contributed by atoms with E-state index in [0.717, 1.165) is 20.1 Å². The minimum atomic E-state index is 0.498. The summed E-state index contributed by atoms with van der Waals surface area (Å²) in [6.45, 7) is 0.498. The summed E-state index contributed by atoms with van der Waals surface area (Å²) in [6, 6.07) is 7.35. The van der Waals surface area contributed by atoms with E-state index in [1.807, 2.05) is 23.6 Å². The van der Waals surface area contributed by atoms with Crippen molar-refractivity contribution in [1.82, 2.24) is 0 Å². The minimum Gasteiger partial charge on any atom is -0.488 e. The van der Waals surface area contributed by atoms with E-state index in [0.29, 0.717) is 17.9 Å². The van der Waals surface area contributed by atoms with Gasteiger partial charge in [0.15, 0.2) is 6.29 Å². The molecule has 2 nitrogen and oxygen atoms in total. The molecule has 0 aliphatic rings. The molecule has 2 aromatic rings. The van der Waals surface area contributed by atoms with Gasteiger partial charge in [0.2, 0.25) is 0 Å². The van der Waals surface area contributed by atoms with Gasteiger partial charge >= 0.3 is 0 Å². The van der Waals surface area contributed by atoms with Gasteiger partial charge in [0.25, 0.3) is 0 Å². The summed E-state index contributed by atoms with van der Waals surface area (Å²) in [7, 11) is 0. The highest BCUT2D eigenvalue weighted by Gasteiger charge is 2.04. The molecular formula is C12H8Br2O2S. The summed E-state index contributed by atoms with van der Waals surface area (Å²) in [5.41, 5.74) is 0.591. The van der Waals surface area contributed by atoms with Gasteiger partial charge in [-0.3, -0.25) is 4.79 Å². The van der Waals surface area contributed by atoms with E-state index < -0.39 is 0 Å². The van der Waals surface area contributed by atoms with Crippen LogP contribution in [0.5, 0.6) is 5.75 Å². The second-order valence-electron chi connectivity index (χ2n) is 3.28. The molecule has 0 amide bonds. The van der Waals surface area contributed by atoms with Crippen LogP contribution in [-0.4, -0.2) is 6.29 Å². The van der Waals surface area contributed by atoms with Crippen LogP contribution in [0.1, 0.15) is 15.2 Å². The molecule has 0 aliphatic heterocycles. The first kappa shape index (κ1) is 12.8. The molecule has 5 heteroatoms. The molecule has 1 aromatic heterocycles. The van der Waals surface area contributed by atoms with Gasteiger partial charge in [-0.2, -0.15) is 0 Å². The highest BCUT2D eigenvalue weighted by atomic mass is 79.9. The van der Waals surface area contributed by atoms with Crippen molar-refractivity contribution in [1.29, 1.82) is 0 Å². The van der Waals surface area contributed by atoms with Crippen LogP contribution < -0.4 is 4.74 Å². The molecule has 0 radical (unpaired) electrons. The van der Waals surface area contributed by atoms with Crippen LogP contribution >= 0.6 is 43.2 Å². The normalized spacial score (nSPS) is 10.2. The first-order valence-corrected chi connectivity index (χ1v) is 7.26. The lowest BCUT2D eigenvalue weighted by Gasteiger charge is -2.06. The molecule has 0 saturated heterocycles. The number of carbonyl (C=O) groups is 1. The van der Waals surface area contributed by atoms with Crippen LogP contribution in [0.4, 0.5) is 0 Å². The van der Waals surface area contributed by atoms with Gasteiger partial charge in [0, 0.05) is 14.5 Å². The monoisotopic (exact) mass is 374 g/mol. The molecule has 0 N–H and O–H groups in total. The van der Waals surface area contributed by atoms with E-state index in [1.165, 1.54) is 0 Å². The molecule has 88 valence electrons. The molecular weight excluding hydrogens is 368 g/mol. The second-order valence-corrected chi connectivity index (χ2v) is 5.99. The molecule has 0 atom stereocenters.